The highest BCUT2D eigenvalue weighted by atomic mass is 16.7. The number of hydrogen-bond donors (Lipinski definition) is 2. The third-order valence-electron chi connectivity index (χ3n) is 0.496. The number of hydrogen-bond acceptors (Lipinski definition) is 3. The van der Waals surface area contributed by atoms with E-state index in [9.17, 15) is 0 Å². The molecule has 3 heteroatoms. The summed E-state index contributed by atoms with van der Waals surface area (Å²) >= 11 is 0. The zero-order valence-electron chi connectivity index (χ0n) is 4.72. The van der Waals surface area contributed by atoms with E-state index >= 15 is 0 Å². The zero-order chi connectivity index (χ0) is 7.28. The molecule has 0 aliphatic rings. The van der Waals surface area contributed by atoms with E-state index < -0.39 is 11.9 Å². The molecule has 3 nitrogen and oxygen atoms in total. The molecule has 0 fully saturated rings. The number of ether oxygens (including phenoxy) is 1. The predicted molar refractivity (Wildman–Crippen MR) is 31.6 cm³/mol. The van der Waals surface area contributed by atoms with Crippen LogP contribution in [0.1, 0.15) is 0 Å². The molecule has 0 aromatic rings. The fourth-order valence-corrected chi connectivity index (χ4v) is 0.164. The van der Waals surface area contributed by atoms with Crippen LogP contribution in [0.3, 0.4) is 0 Å². The Kier molecular flexibility index (Phi) is 2.85. The molecule has 0 amide bonds. The van der Waals surface area contributed by atoms with E-state index in [1.165, 1.54) is 0 Å². The number of aliphatic hydroxyl groups is 2. The van der Waals surface area contributed by atoms with Crippen LogP contribution in [0.2, 0.25) is 0 Å². The number of rotatable bonds is 2. The molecule has 0 aliphatic carbocycles. The second-order valence-corrected chi connectivity index (χ2v) is 1.07. The van der Waals surface area contributed by atoms with Gasteiger partial charge in [0.15, 0.2) is 0 Å². The van der Waals surface area contributed by atoms with Crippen LogP contribution in [-0.4, -0.2) is 10.2 Å². The van der Waals surface area contributed by atoms with Gasteiger partial charge < -0.3 is 14.9 Å². The van der Waals surface area contributed by atoms with Gasteiger partial charge in [-0.1, -0.05) is 0 Å². The largest absolute Gasteiger partial charge is 0.474 e. The summed E-state index contributed by atoms with van der Waals surface area (Å²) < 4.78 is 4.15. The zero-order valence-corrected chi connectivity index (χ0v) is 4.72. The van der Waals surface area contributed by atoms with E-state index in [4.69, 9.17) is 10.2 Å². The molecule has 0 aromatic heterocycles. The molecule has 0 saturated carbocycles. The second-order valence-electron chi connectivity index (χ2n) is 1.07. The van der Waals surface area contributed by atoms with Crippen LogP contribution in [0.15, 0.2) is 36.5 Å². The Bertz CT molecular complexity index is 170. The average molecular weight is 126 g/mol. The van der Waals surface area contributed by atoms with E-state index in [1.54, 1.807) is 0 Å². The summed E-state index contributed by atoms with van der Waals surface area (Å²) in [6.07, 6.45) is 0. The van der Waals surface area contributed by atoms with Crippen molar-refractivity contribution >= 4 is 0 Å². The monoisotopic (exact) mass is 126 g/mol. The highest BCUT2D eigenvalue weighted by molar-refractivity contribution is 4.83. The van der Waals surface area contributed by atoms with Crippen molar-refractivity contribution in [3.05, 3.63) is 36.5 Å². The molecule has 0 radical (unpaired) electrons. The first-order valence-electron chi connectivity index (χ1n) is 2.06. The van der Waals surface area contributed by atoms with Crippen molar-refractivity contribution in [2.75, 3.05) is 0 Å². The summed E-state index contributed by atoms with van der Waals surface area (Å²) in [5.41, 5.74) is 3.96. The molecule has 0 spiro atoms. The standard InChI is InChI=1S/C6H6O3/c1-3-5(7)9-6(8)4-2/h7-8H,1-2H2. The smallest absolute Gasteiger partial charge is 0.332 e. The topological polar surface area (TPSA) is 49.7 Å². The summed E-state index contributed by atoms with van der Waals surface area (Å²) in [4.78, 5) is 0. The van der Waals surface area contributed by atoms with E-state index in [-0.39, 0.29) is 0 Å². The molecule has 2 N–H and O–H groups in total. The van der Waals surface area contributed by atoms with Gasteiger partial charge in [0.25, 0.3) is 0 Å². The Balaban J connectivity index is 4.05. The average Bonchev–Trinajstić information content (AvgIpc) is 1.87. The molecule has 0 heterocycles. The third kappa shape index (κ3) is 3.06. The van der Waals surface area contributed by atoms with Crippen molar-refractivity contribution in [1.82, 2.24) is 0 Å². The minimum absolute atomic E-state index is 0.608. The van der Waals surface area contributed by atoms with Gasteiger partial charge in [0.2, 0.25) is 0 Å². The Morgan fingerprint density at radius 1 is 1.11 bits per heavy atom. The van der Waals surface area contributed by atoms with Crippen LogP contribution < -0.4 is 0 Å². The summed E-state index contributed by atoms with van der Waals surface area (Å²) in [5, 5.41) is 16.9. The highest BCUT2D eigenvalue weighted by Crippen LogP contribution is 1.94. The van der Waals surface area contributed by atoms with E-state index in [2.05, 4.69) is 17.9 Å². The van der Waals surface area contributed by atoms with E-state index in [0.29, 0.717) is 0 Å². The molecule has 0 saturated heterocycles. The second kappa shape index (κ2) is 3.44. The van der Waals surface area contributed by atoms with Gasteiger partial charge in [-0.2, -0.15) is 0 Å². The lowest BCUT2D eigenvalue weighted by Crippen LogP contribution is -1.87. The lowest BCUT2D eigenvalue weighted by molar-refractivity contribution is 0.0702. The molecular weight excluding hydrogens is 120 g/mol. The Morgan fingerprint density at radius 3 is 1.67 bits per heavy atom. The van der Waals surface area contributed by atoms with Crippen molar-refractivity contribution in [1.29, 1.82) is 0 Å². The van der Waals surface area contributed by atoms with Crippen LogP contribution >= 0.6 is 0 Å². The van der Waals surface area contributed by atoms with Crippen molar-refractivity contribution in [3.8, 4) is 0 Å². The van der Waals surface area contributed by atoms with Gasteiger partial charge in [0, 0.05) is 0 Å². The summed E-state index contributed by atoms with van der Waals surface area (Å²) in [6.45, 7) is 6.08. The Labute approximate surface area is 52.5 Å². The lowest BCUT2D eigenvalue weighted by Gasteiger charge is -1.94. The fraction of sp³-hybridized carbons (Fsp3) is 0. The SMILES string of the molecule is C=C=C(O)OC(O)=C=C. The van der Waals surface area contributed by atoms with Crippen LogP contribution in [0.25, 0.3) is 0 Å². The molecule has 0 aliphatic heterocycles. The fourth-order valence-electron chi connectivity index (χ4n) is 0.164. The Hall–Kier alpha value is -1.56. The van der Waals surface area contributed by atoms with Crippen LogP contribution in [0.5, 0.6) is 0 Å². The van der Waals surface area contributed by atoms with Crippen LogP contribution in [0, 0.1) is 0 Å². The lowest BCUT2D eigenvalue weighted by atomic mass is 10.8. The molecule has 0 aromatic carbocycles. The maximum Gasteiger partial charge on any atom is 0.332 e. The summed E-state index contributed by atoms with van der Waals surface area (Å²) in [6, 6.07) is 0. The molecule has 0 rings (SSSR count). The Morgan fingerprint density at radius 2 is 1.44 bits per heavy atom. The maximum absolute atomic E-state index is 8.43. The van der Waals surface area contributed by atoms with Crippen molar-refractivity contribution in [2.24, 2.45) is 0 Å². The van der Waals surface area contributed by atoms with E-state index in [1.807, 2.05) is 11.5 Å². The molecule has 0 atom stereocenters. The van der Waals surface area contributed by atoms with Crippen LogP contribution in [0.4, 0.5) is 0 Å². The molecule has 48 valence electrons. The minimum Gasteiger partial charge on any atom is -0.474 e. The summed E-state index contributed by atoms with van der Waals surface area (Å²) in [5.74, 6) is -1.22. The summed E-state index contributed by atoms with van der Waals surface area (Å²) in [7, 11) is 0. The maximum atomic E-state index is 8.43. The first-order chi connectivity index (χ1) is 4.20. The normalized spacial score (nSPS) is 6.67. The first kappa shape index (κ1) is 7.44. The highest BCUT2D eigenvalue weighted by Gasteiger charge is 1.92. The van der Waals surface area contributed by atoms with Gasteiger partial charge >= 0.3 is 11.9 Å². The van der Waals surface area contributed by atoms with Gasteiger partial charge in [-0.25, -0.2) is 0 Å². The van der Waals surface area contributed by atoms with Gasteiger partial charge in [-0.3, -0.25) is 0 Å². The molecule has 9 heavy (non-hydrogen) atoms. The van der Waals surface area contributed by atoms with Gasteiger partial charge in [-0.15, -0.1) is 0 Å². The third-order valence-corrected chi connectivity index (χ3v) is 0.496. The van der Waals surface area contributed by atoms with Gasteiger partial charge in [0.1, 0.15) is 0 Å². The quantitative estimate of drug-likeness (QED) is 0.434. The first-order valence-corrected chi connectivity index (χ1v) is 2.06. The molecule has 0 unspecified atom stereocenters. The van der Waals surface area contributed by atoms with Crippen molar-refractivity contribution in [2.45, 2.75) is 0 Å². The van der Waals surface area contributed by atoms with E-state index in [0.717, 1.165) is 0 Å². The van der Waals surface area contributed by atoms with Gasteiger partial charge in [0.05, 0.1) is 0 Å². The predicted octanol–water partition coefficient (Wildman–Crippen LogP) is 1.37. The van der Waals surface area contributed by atoms with Crippen LogP contribution in [-0.2, 0) is 4.74 Å². The molecular formula is C6H6O3. The number of aliphatic hydroxyl groups excluding tert-OH is 2. The minimum atomic E-state index is -0.608. The van der Waals surface area contributed by atoms with Crippen molar-refractivity contribution < 1.29 is 14.9 Å². The van der Waals surface area contributed by atoms with Crippen molar-refractivity contribution in [3.63, 3.8) is 0 Å². The molecule has 0 bridgehead atoms. The van der Waals surface area contributed by atoms with Gasteiger partial charge in [-0.05, 0) is 24.6 Å².